The fraction of sp³-hybridized carbons (Fsp3) is 0.467. The molecule has 3 rings (SSSR count). The number of imidazole rings is 1. The van der Waals surface area contributed by atoms with Crippen LogP contribution in [0.15, 0.2) is 18.2 Å². The van der Waals surface area contributed by atoms with Gasteiger partial charge in [-0.15, -0.1) is 0 Å². The number of urea groups is 1. The number of nitrogens with one attached hydrogen (secondary N) is 2. The van der Waals surface area contributed by atoms with E-state index in [1.807, 2.05) is 25.1 Å². The van der Waals surface area contributed by atoms with Crippen molar-refractivity contribution in [1.29, 1.82) is 0 Å². The molecule has 118 valence electrons. The number of aromatic nitrogens is 2. The van der Waals surface area contributed by atoms with E-state index in [2.05, 4.69) is 20.2 Å². The number of carbonyl (C=O) groups is 1. The monoisotopic (exact) mass is 304 g/mol. The minimum Gasteiger partial charge on any atom is -0.497 e. The van der Waals surface area contributed by atoms with Crippen LogP contribution >= 0.6 is 0 Å². The summed E-state index contributed by atoms with van der Waals surface area (Å²) >= 11 is 0. The molecule has 2 aromatic rings. The second-order valence-electron chi connectivity index (χ2n) is 5.16. The lowest BCUT2D eigenvalue weighted by Crippen LogP contribution is -2.40. The summed E-state index contributed by atoms with van der Waals surface area (Å²) in [5, 5.41) is 5.59. The van der Waals surface area contributed by atoms with Crippen LogP contribution in [0.3, 0.4) is 0 Å². The van der Waals surface area contributed by atoms with Crippen LogP contribution in [0.5, 0.6) is 5.75 Å². The number of ether oxygens (including phenoxy) is 2. The molecule has 1 atom stereocenters. The number of amides is 2. The van der Waals surface area contributed by atoms with Crippen molar-refractivity contribution in [3.63, 3.8) is 0 Å². The van der Waals surface area contributed by atoms with Gasteiger partial charge in [0, 0.05) is 19.2 Å². The van der Waals surface area contributed by atoms with Crippen molar-refractivity contribution in [1.82, 2.24) is 20.2 Å². The van der Waals surface area contributed by atoms with Crippen LogP contribution in [0, 0.1) is 0 Å². The molecule has 0 unspecified atom stereocenters. The number of benzene rings is 1. The highest BCUT2D eigenvalue weighted by atomic mass is 16.5. The predicted molar refractivity (Wildman–Crippen MR) is 82.1 cm³/mol. The summed E-state index contributed by atoms with van der Waals surface area (Å²) in [6, 6.07) is 5.69. The smallest absolute Gasteiger partial charge is 0.314 e. The van der Waals surface area contributed by atoms with Crippen LogP contribution in [0.4, 0.5) is 4.79 Å². The SMILES string of the molecule is CCNC(=O)NC[C@H]1COCc2nc3cc(OC)ccc3n21. The molecule has 1 aliphatic heterocycles. The first-order valence-corrected chi connectivity index (χ1v) is 7.37. The molecule has 0 saturated heterocycles. The van der Waals surface area contributed by atoms with Gasteiger partial charge in [0.25, 0.3) is 0 Å². The Kier molecular flexibility index (Phi) is 4.15. The fourth-order valence-electron chi connectivity index (χ4n) is 2.71. The van der Waals surface area contributed by atoms with Crippen LogP contribution < -0.4 is 15.4 Å². The van der Waals surface area contributed by atoms with Gasteiger partial charge in [0.1, 0.15) is 18.2 Å². The van der Waals surface area contributed by atoms with Crippen molar-refractivity contribution >= 4 is 17.1 Å². The third-order valence-electron chi connectivity index (χ3n) is 3.71. The van der Waals surface area contributed by atoms with Gasteiger partial charge in [-0.05, 0) is 19.1 Å². The van der Waals surface area contributed by atoms with E-state index in [0.29, 0.717) is 26.3 Å². The number of rotatable bonds is 4. The van der Waals surface area contributed by atoms with Crippen LogP contribution in [0.2, 0.25) is 0 Å². The Morgan fingerprint density at radius 3 is 3.14 bits per heavy atom. The molecule has 0 saturated carbocycles. The first kappa shape index (κ1) is 14.6. The highest BCUT2D eigenvalue weighted by Crippen LogP contribution is 2.28. The van der Waals surface area contributed by atoms with Gasteiger partial charge in [-0.3, -0.25) is 0 Å². The fourth-order valence-corrected chi connectivity index (χ4v) is 2.71. The Labute approximate surface area is 128 Å². The molecular weight excluding hydrogens is 284 g/mol. The normalized spacial score (nSPS) is 17.1. The van der Waals surface area contributed by atoms with E-state index in [4.69, 9.17) is 9.47 Å². The summed E-state index contributed by atoms with van der Waals surface area (Å²) in [5.41, 5.74) is 1.91. The molecule has 2 amide bonds. The summed E-state index contributed by atoms with van der Waals surface area (Å²) in [7, 11) is 1.64. The quantitative estimate of drug-likeness (QED) is 0.896. The summed E-state index contributed by atoms with van der Waals surface area (Å²) in [4.78, 5) is 16.2. The molecule has 22 heavy (non-hydrogen) atoms. The van der Waals surface area contributed by atoms with E-state index < -0.39 is 0 Å². The minimum absolute atomic E-state index is 0.0322. The van der Waals surface area contributed by atoms with Gasteiger partial charge >= 0.3 is 6.03 Å². The van der Waals surface area contributed by atoms with Gasteiger partial charge in [0.2, 0.25) is 0 Å². The van der Waals surface area contributed by atoms with E-state index in [1.165, 1.54) is 0 Å². The van der Waals surface area contributed by atoms with Crippen molar-refractivity contribution in [2.75, 3.05) is 26.8 Å². The van der Waals surface area contributed by atoms with Crippen molar-refractivity contribution in [2.45, 2.75) is 19.6 Å². The van der Waals surface area contributed by atoms with E-state index >= 15 is 0 Å². The van der Waals surface area contributed by atoms with Gasteiger partial charge in [-0.1, -0.05) is 0 Å². The average Bonchev–Trinajstić information content (AvgIpc) is 2.91. The summed E-state index contributed by atoms with van der Waals surface area (Å²) in [6.07, 6.45) is 0. The summed E-state index contributed by atoms with van der Waals surface area (Å²) < 4.78 is 13.0. The van der Waals surface area contributed by atoms with Gasteiger partial charge in [0.15, 0.2) is 0 Å². The Hall–Kier alpha value is -2.28. The zero-order valence-corrected chi connectivity index (χ0v) is 12.8. The molecular formula is C15H20N4O3. The highest BCUT2D eigenvalue weighted by Gasteiger charge is 2.24. The second kappa shape index (κ2) is 6.23. The van der Waals surface area contributed by atoms with E-state index in [0.717, 1.165) is 22.6 Å². The molecule has 2 N–H and O–H groups in total. The first-order chi connectivity index (χ1) is 10.7. The van der Waals surface area contributed by atoms with Gasteiger partial charge in [0.05, 0.1) is 30.8 Å². The number of hydrogen-bond acceptors (Lipinski definition) is 4. The minimum atomic E-state index is -0.166. The number of methoxy groups -OCH3 is 1. The van der Waals surface area contributed by atoms with Crippen LogP contribution in [-0.2, 0) is 11.3 Å². The van der Waals surface area contributed by atoms with Gasteiger partial charge in [-0.2, -0.15) is 0 Å². The molecule has 7 nitrogen and oxygen atoms in total. The van der Waals surface area contributed by atoms with Crippen molar-refractivity contribution < 1.29 is 14.3 Å². The molecule has 0 aliphatic carbocycles. The number of fused-ring (bicyclic) bond motifs is 3. The standard InChI is InChI=1S/C15H20N4O3/c1-3-16-15(20)17-7-10-8-22-9-14-18-12-6-11(21-2)4-5-13(12)19(10)14/h4-6,10H,3,7-9H2,1-2H3,(H2,16,17,20)/t10-/m0/s1. The number of hydrogen-bond donors (Lipinski definition) is 2. The molecule has 7 heteroatoms. The Morgan fingerprint density at radius 1 is 1.50 bits per heavy atom. The van der Waals surface area contributed by atoms with Crippen LogP contribution in [-0.4, -0.2) is 42.4 Å². The molecule has 1 aromatic carbocycles. The third-order valence-corrected chi connectivity index (χ3v) is 3.71. The Balaban J connectivity index is 1.86. The van der Waals surface area contributed by atoms with E-state index in [9.17, 15) is 4.79 Å². The predicted octanol–water partition coefficient (Wildman–Crippen LogP) is 1.44. The molecule has 0 spiro atoms. The van der Waals surface area contributed by atoms with E-state index in [-0.39, 0.29) is 12.1 Å². The number of nitrogens with zero attached hydrogens (tertiary/aromatic N) is 2. The summed E-state index contributed by atoms with van der Waals surface area (Å²) in [6.45, 7) is 4.02. The average molecular weight is 304 g/mol. The second-order valence-corrected chi connectivity index (χ2v) is 5.16. The molecule has 0 radical (unpaired) electrons. The molecule has 1 aliphatic rings. The Morgan fingerprint density at radius 2 is 2.36 bits per heavy atom. The maximum Gasteiger partial charge on any atom is 0.314 e. The maximum absolute atomic E-state index is 11.6. The molecule has 2 heterocycles. The lowest BCUT2D eigenvalue weighted by atomic mass is 10.2. The van der Waals surface area contributed by atoms with Crippen LogP contribution in [0.25, 0.3) is 11.0 Å². The number of carbonyl (C=O) groups excluding carboxylic acids is 1. The third kappa shape index (κ3) is 2.71. The zero-order chi connectivity index (χ0) is 15.5. The maximum atomic E-state index is 11.6. The van der Waals surface area contributed by atoms with Crippen molar-refractivity contribution in [3.05, 3.63) is 24.0 Å². The lowest BCUT2D eigenvalue weighted by molar-refractivity contribution is 0.0572. The van der Waals surface area contributed by atoms with Gasteiger partial charge in [-0.25, -0.2) is 9.78 Å². The largest absolute Gasteiger partial charge is 0.497 e. The topological polar surface area (TPSA) is 77.4 Å². The molecule has 0 fully saturated rings. The van der Waals surface area contributed by atoms with Crippen molar-refractivity contribution in [3.8, 4) is 5.75 Å². The van der Waals surface area contributed by atoms with Crippen LogP contribution in [0.1, 0.15) is 18.8 Å². The zero-order valence-electron chi connectivity index (χ0n) is 12.8. The lowest BCUT2D eigenvalue weighted by Gasteiger charge is -2.26. The Bertz CT molecular complexity index is 683. The molecule has 0 bridgehead atoms. The highest BCUT2D eigenvalue weighted by molar-refractivity contribution is 5.78. The molecule has 1 aromatic heterocycles. The first-order valence-electron chi connectivity index (χ1n) is 7.37. The van der Waals surface area contributed by atoms with Gasteiger partial charge < -0.3 is 24.7 Å². The van der Waals surface area contributed by atoms with Crippen molar-refractivity contribution in [2.24, 2.45) is 0 Å². The summed E-state index contributed by atoms with van der Waals surface area (Å²) in [5.74, 6) is 1.65. The van der Waals surface area contributed by atoms with E-state index in [1.54, 1.807) is 7.11 Å².